The fourth-order valence-corrected chi connectivity index (χ4v) is 5.38. The number of nitrogens with one attached hydrogen (secondary N) is 1. The fourth-order valence-electron chi connectivity index (χ4n) is 4.47. The zero-order valence-electron chi connectivity index (χ0n) is 19.3. The SMILES string of the molecule is CCCCCNC(=O)CSc1nc(Cl)cc(N2CCN(C(=O)C3CCCCC3)C(C)C2)n1. The molecule has 1 aliphatic heterocycles. The lowest BCUT2D eigenvalue weighted by Crippen LogP contribution is -2.55. The van der Waals surface area contributed by atoms with Crippen molar-refractivity contribution in [1.29, 1.82) is 0 Å². The minimum Gasteiger partial charge on any atom is -0.355 e. The monoisotopic (exact) mass is 481 g/mol. The molecule has 1 aromatic heterocycles. The van der Waals surface area contributed by atoms with Crippen LogP contribution in [0.4, 0.5) is 5.82 Å². The molecule has 3 rings (SSSR count). The molecule has 1 N–H and O–H groups in total. The van der Waals surface area contributed by atoms with Gasteiger partial charge in [-0.1, -0.05) is 62.4 Å². The van der Waals surface area contributed by atoms with Gasteiger partial charge in [-0.05, 0) is 26.2 Å². The molecule has 2 amide bonds. The van der Waals surface area contributed by atoms with E-state index < -0.39 is 0 Å². The van der Waals surface area contributed by atoms with Gasteiger partial charge in [0.15, 0.2) is 5.16 Å². The first-order valence-electron chi connectivity index (χ1n) is 12.0. The third-order valence-corrected chi connectivity index (χ3v) is 7.33. The van der Waals surface area contributed by atoms with Gasteiger partial charge in [0.1, 0.15) is 11.0 Å². The van der Waals surface area contributed by atoms with Crippen molar-refractivity contribution >= 4 is 41.0 Å². The van der Waals surface area contributed by atoms with Gasteiger partial charge in [-0.3, -0.25) is 9.59 Å². The molecule has 1 unspecified atom stereocenters. The number of amides is 2. The first kappa shape index (κ1) is 25.1. The molecule has 0 spiro atoms. The number of carbonyl (C=O) groups is 2. The van der Waals surface area contributed by atoms with Gasteiger partial charge >= 0.3 is 0 Å². The Bertz CT molecular complexity index is 775. The molecular formula is C23H36ClN5O2S. The van der Waals surface area contributed by atoms with Crippen LogP contribution in [-0.4, -0.2) is 64.7 Å². The van der Waals surface area contributed by atoms with Crippen LogP contribution in [-0.2, 0) is 9.59 Å². The maximum atomic E-state index is 13.0. The molecule has 1 aliphatic carbocycles. The Kier molecular flexibility index (Phi) is 9.91. The van der Waals surface area contributed by atoms with E-state index in [2.05, 4.69) is 34.0 Å². The Morgan fingerprint density at radius 3 is 2.69 bits per heavy atom. The summed E-state index contributed by atoms with van der Waals surface area (Å²) in [5.41, 5.74) is 0. The van der Waals surface area contributed by atoms with Crippen LogP contribution in [0.2, 0.25) is 5.15 Å². The van der Waals surface area contributed by atoms with Gasteiger partial charge in [0, 0.05) is 44.2 Å². The second-order valence-corrected chi connectivity index (χ2v) is 10.2. The Balaban J connectivity index is 1.54. The summed E-state index contributed by atoms with van der Waals surface area (Å²) >= 11 is 7.56. The van der Waals surface area contributed by atoms with E-state index in [1.807, 2.05) is 4.90 Å². The van der Waals surface area contributed by atoms with Crippen LogP contribution in [0.25, 0.3) is 0 Å². The predicted molar refractivity (Wildman–Crippen MR) is 130 cm³/mol. The number of unbranched alkanes of at least 4 members (excludes halogenated alkanes) is 2. The molecule has 2 aliphatic rings. The molecule has 2 fully saturated rings. The number of hydrogen-bond donors (Lipinski definition) is 1. The maximum absolute atomic E-state index is 13.0. The highest BCUT2D eigenvalue weighted by atomic mass is 35.5. The number of thioether (sulfide) groups is 1. The van der Waals surface area contributed by atoms with Crippen LogP contribution < -0.4 is 10.2 Å². The number of rotatable bonds is 9. The third kappa shape index (κ3) is 7.24. The molecule has 0 radical (unpaired) electrons. The van der Waals surface area contributed by atoms with E-state index in [1.165, 1.54) is 31.0 Å². The van der Waals surface area contributed by atoms with Gasteiger partial charge in [0.05, 0.1) is 5.75 Å². The lowest BCUT2D eigenvalue weighted by molar-refractivity contribution is -0.139. The zero-order valence-corrected chi connectivity index (χ0v) is 20.9. The lowest BCUT2D eigenvalue weighted by atomic mass is 9.88. The van der Waals surface area contributed by atoms with Crippen LogP contribution in [0.3, 0.4) is 0 Å². The minimum absolute atomic E-state index is 0.0142. The standard InChI is InChI=1S/C23H36ClN5O2S/c1-3-4-8-11-25-21(30)16-32-23-26-19(24)14-20(27-23)28-12-13-29(17(2)15-28)22(31)18-9-6-5-7-10-18/h14,17-18H,3-13,15-16H2,1-2H3,(H,25,30). The summed E-state index contributed by atoms with van der Waals surface area (Å²) in [7, 11) is 0. The maximum Gasteiger partial charge on any atom is 0.230 e. The first-order valence-corrected chi connectivity index (χ1v) is 13.3. The van der Waals surface area contributed by atoms with E-state index in [0.29, 0.717) is 35.9 Å². The number of aromatic nitrogens is 2. The first-order chi connectivity index (χ1) is 15.5. The molecule has 1 saturated carbocycles. The molecule has 7 nitrogen and oxygen atoms in total. The van der Waals surface area contributed by atoms with Gasteiger partial charge in [-0.2, -0.15) is 0 Å². The van der Waals surface area contributed by atoms with Crippen molar-refractivity contribution in [3.8, 4) is 0 Å². The number of hydrogen-bond acceptors (Lipinski definition) is 6. The van der Waals surface area contributed by atoms with Crippen molar-refractivity contribution in [2.24, 2.45) is 5.92 Å². The van der Waals surface area contributed by atoms with E-state index in [1.54, 1.807) is 6.07 Å². The summed E-state index contributed by atoms with van der Waals surface area (Å²) in [5, 5.41) is 3.81. The summed E-state index contributed by atoms with van der Waals surface area (Å²) in [4.78, 5) is 38.2. The zero-order chi connectivity index (χ0) is 22.9. The third-order valence-electron chi connectivity index (χ3n) is 6.28. The van der Waals surface area contributed by atoms with Crippen molar-refractivity contribution in [1.82, 2.24) is 20.2 Å². The number of nitrogens with zero attached hydrogens (tertiary/aromatic N) is 4. The van der Waals surface area contributed by atoms with Crippen LogP contribution >= 0.6 is 23.4 Å². The Morgan fingerprint density at radius 1 is 1.19 bits per heavy atom. The summed E-state index contributed by atoms with van der Waals surface area (Å²) in [6.07, 6.45) is 8.89. The van der Waals surface area contributed by atoms with Crippen molar-refractivity contribution in [2.45, 2.75) is 76.4 Å². The van der Waals surface area contributed by atoms with Crippen molar-refractivity contribution in [3.05, 3.63) is 11.2 Å². The van der Waals surface area contributed by atoms with Crippen LogP contribution in [0.5, 0.6) is 0 Å². The molecule has 1 saturated heterocycles. The predicted octanol–water partition coefficient (Wildman–Crippen LogP) is 4.15. The van der Waals surface area contributed by atoms with E-state index in [-0.39, 0.29) is 23.6 Å². The molecule has 0 aromatic carbocycles. The average Bonchev–Trinajstić information content (AvgIpc) is 2.80. The minimum atomic E-state index is -0.0142. The lowest BCUT2D eigenvalue weighted by Gasteiger charge is -2.42. The van der Waals surface area contributed by atoms with Gasteiger partial charge < -0.3 is 15.1 Å². The van der Waals surface area contributed by atoms with Crippen molar-refractivity contribution < 1.29 is 9.59 Å². The largest absolute Gasteiger partial charge is 0.355 e. The van der Waals surface area contributed by atoms with Gasteiger partial charge in [0.25, 0.3) is 0 Å². The van der Waals surface area contributed by atoms with Crippen LogP contribution in [0.1, 0.15) is 65.2 Å². The molecular weight excluding hydrogens is 446 g/mol. The fraction of sp³-hybridized carbons (Fsp3) is 0.739. The second kappa shape index (κ2) is 12.6. The molecule has 178 valence electrons. The number of anilines is 1. The van der Waals surface area contributed by atoms with Gasteiger partial charge in [0.2, 0.25) is 11.8 Å². The second-order valence-electron chi connectivity index (χ2n) is 8.84. The number of halogens is 1. The van der Waals surface area contributed by atoms with E-state index in [0.717, 1.165) is 44.5 Å². The topological polar surface area (TPSA) is 78.4 Å². The molecule has 1 atom stereocenters. The summed E-state index contributed by atoms with van der Waals surface area (Å²) in [6, 6.07) is 1.89. The normalized spacial score (nSPS) is 19.8. The Labute approximate surface area is 201 Å². The average molecular weight is 482 g/mol. The number of carbonyl (C=O) groups excluding carboxylic acids is 2. The Morgan fingerprint density at radius 2 is 1.97 bits per heavy atom. The van der Waals surface area contributed by atoms with Crippen LogP contribution in [0.15, 0.2) is 11.2 Å². The number of piperazine rings is 1. The molecule has 2 heterocycles. The van der Waals surface area contributed by atoms with Crippen molar-refractivity contribution in [3.63, 3.8) is 0 Å². The quantitative estimate of drug-likeness (QED) is 0.247. The highest BCUT2D eigenvalue weighted by molar-refractivity contribution is 7.99. The Hall–Kier alpha value is -1.54. The smallest absolute Gasteiger partial charge is 0.230 e. The molecule has 0 bridgehead atoms. The van der Waals surface area contributed by atoms with E-state index in [9.17, 15) is 9.59 Å². The summed E-state index contributed by atoms with van der Waals surface area (Å²) < 4.78 is 0. The van der Waals surface area contributed by atoms with Crippen LogP contribution in [0, 0.1) is 5.92 Å². The highest BCUT2D eigenvalue weighted by Crippen LogP contribution is 2.28. The van der Waals surface area contributed by atoms with E-state index in [4.69, 9.17) is 11.6 Å². The molecule has 9 heteroatoms. The summed E-state index contributed by atoms with van der Waals surface area (Å²) in [5.74, 6) is 1.53. The summed E-state index contributed by atoms with van der Waals surface area (Å²) in [6.45, 7) is 7.08. The van der Waals surface area contributed by atoms with Gasteiger partial charge in [-0.15, -0.1) is 0 Å². The molecule has 1 aromatic rings. The van der Waals surface area contributed by atoms with Crippen molar-refractivity contribution in [2.75, 3.05) is 36.8 Å². The van der Waals surface area contributed by atoms with Gasteiger partial charge in [-0.25, -0.2) is 9.97 Å². The van der Waals surface area contributed by atoms with E-state index >= 15 is 0 Å². The highest BCUT2D eigenvalue weighted by Gasteiger charge is 2.33. The molecule has 32 heavy (non-hydrogen) atoms.